The van der Waals surface area contributed by atoms with Crippen LogP contribution in [0.5, 0.6) is 5.75 Å². The maximum Gasteiger partial charge on any atom is 0.343 e. The summed E-state index contributed by atoms with van der Waals surface area (Å²) >= 11 is 0. The molecule has 0 atom stereocenters. The number of ether oxygens (including phenoxy) is 3. The van der Waals surface area contributed by atoms with Crippen molar-refractivity contribution in [3.63, 3.8) is 0 Å². The summed E-state index contributed by atoms with van der Waals surface area (Å²) in [6.07, 6.45) is 4.28. The summed E-state index contributed by atoms with van der Waals surface area (Å²) in [4.78, 5) is 25.2. The number of rotatable bonds is 9. The molecule has 0 amide bonds. The Morgan fingerprint density at radius 1 is 1.22 bits per heavy atom. The van der Waals surface area contributed by atoms with E-state index in [2.05, 4.69) is 0 Å². The molecular weight excluding hydrogens is 353 g/mol. The van der Waals surface area contributed by atoms with E-state index in [1.54, 1.807) is 6.92 Å². The summed E-state index contributed by atoms with van der Waals surface area (Å²) in [6, 6.07) is 2.86. The number of aromatic nitrogens is 1. The van der Waals surface area contributed by atoms with Crippen molar-refractivity contribution >= 4 is 16.9 Å². The highest BCUT2D eigenvalue weighted by molar-refractivity contribution is 5.94. The number of fused-ring (bicyclic) bond motifs is 1. The lowest BCUT2D eigenvalue weighted by molar-refractivity contribution is 0.0317. The van der Waals surface area contributed by atoms with Crippen LogP contribution in [0.25, 0.3) is 10.9 Å². The van der Waals surface area contributed by atoms with Crippen molar-refractivity contribution in [2.24, 2.45) is 0 Å². The van der Waals surface area contributed by atoms with Crippen LogP contribution in [-0.4, -0.2) is 37.0 Å². The predicted molar refractivity (Wildman–Crippen MR) is 99.0 cm³/mol. The summed E-state index contributed by atoms with van der Waals surface area (Å²) in [5, 5.41) is 0.152. The minimum Gasteiger partial charge on any atom is -0.491 e. The van der Waals surface area contributed by atoms with E-state index in [-0.39, 0.29) is 36.0 Å². The molecule has 27 heavy (non-hydrogen) atoms. The van der Waals surface area contributed by atoms with Gasteiger partial charge < -0.3 is 18.8 Å². The number of hydrogen-bond acceptors (Lipinski definition) is 5. The fourth-order valence-corrected chi connectivity index (χ4v) is 2.93. The van der Waals surface area contributed by atoms with Crippen LogP contribution >= 0.6 is 0 Å². The van der Waals surface area contributed by atoms with E-state index in [0.717, 1.165) is 25.3 Å². The Balaban J connectivity index is 1.94. The molecule has 0 saturated heterocycles. The molecular formula is C20H24FNO5. The molecule has 0 N–H and O–H groups in total. The van der Waals surface area contributed by atoms with Gasteiger partial charge in [0, 0.05) is 30.3 Å². The third kappa shape index (κ3) is 4.30. The molecule has 3 rings (SSSR count). The number of halogens is 1. The zero-order valence-electron chi connectivity index (χ0n) is 15.6. The Morgan fingerprint density at radius 2 is 2.00 bits per heavy atom. The Labute approximate surface area is 156 Å². The molecule has 1 aromatic carbocycles. The van der Waals surface area contributed by atoms with E-state index >= 15 is 0 Å². The number of pyridine rings is 1. The normalized spacial score (nSPS) is 13.7. The number of carbonyl (C=O) groups excluding carboxylic acids is 1. The highest BCUT2D eigenvalue weighted by Crippen LogP contribution is 2.38. The lowest BCUT2D eigenvalue weighted by Gasteiger charge is -2.14. The van der Waals surface area contributed by atoms with Crippen LogP contribution in [0.4, 0.5) is 4.39 Å². The van der Waals surface area contributed by atoms with Crippen LogP contribution in [0.2, 0.25) is 0 Å². The number of hydrogen-bond donors (Lipinski definition) is 0. The van der Waals surface area contributed by atoms with Crippen molar-refractivity contribution in [3.8, 4) is 5.75 Å². The van der Waals surface area contributed by atoms with Crippen molar-refractivity contribution in [2.45, 2.75) is 39.2 Å². The quantitative estimate of drug-likeness (QED) is 0.495. The zero-order valence-corrected chi connectivity index (χ0v) is 15.6. The van der Waals surface area contributed by atoms with E-state index in [9.17, 15) is 14.0 Å². The minimum absolute atomic E-state index is 0.0668. The van der Waals surface area contributed by atoms with E-state index in [0.29, 0.717) is 18.7 Å². The number of benzene rings is 1. The third-order valence-electron chi connectivity index (χ3n) is 4.36. The van der Waals surface area contributed by atoms with Gasteiger partial charge in [-0.3, -0.25) is 4.79 Å². The van der Waals surface area contributed by atoms with Crippen molar-refractivity contribution in [1.29, 1.82) is 0 Å². The van der Waals surface area contributed by atoms with Gasteiger partial charge >= 0.3 is 5.97 Å². The topological polar surface area (TPSA) is 66.8 Å². The molecule has 0 aliphatic heterocycles. The first-order valence-electron chi connectivity index (χ1n) is 9.32. The van der Waals surface area contributed by atoms with E-state index in [1.165, 1.54) is 12.3 Å². The van der Waals surface area contributed by atoms with Crippen LogP contribution in [0.1, 0.15) is 49.5 Å². The SMILES string of the molecule is CCCOCCOC(=O)c1cn(C2CC2)c2cc(OCC)c(F)cc2c1=O. The highest BCUT2D eigenvalue weighted by atomic mass is 19.1. The van der Waals surface area contributed by atoms with E-state index in [1.807, 2.05) is 11.5 Å². The Kier molecular flexibility index (Phi) is 6.11. The van der Waals surface area contributed by atoms with E-state index < -0.39 is 17.2 Å². The molecule has 2 aromatic rings. The molecule has 0 spiro atoms. The van der Waals surface area contributed by atoms with Gasteiger partial charge in [0.2, 0.25) is 5.43 Å². The van der Waals surface area contributed by atoms with Gasteiger partial charge in [0.15, 0.2) is 11.6 Å². The summed E-state index contributed by atoms with van der Waals surface area (Å²) in [6.45, 7) is 5.00. The first-order chi connectivity index (χ1) is 13.1. The lowest BCUT2D eigenvalue weighted by Crippen LogP contribution is -2.22. The molecule has 7 heteroatoms. The van der Waals surface area contributed by atoms with E-state index in [4.69, 9.17) is 14.2 Å². The van der Waals surface area contributed by atoms with Crippen molar-refractivity contribution in [2.75, 3.05) is 26.4 Å². The fourth-order valence-electron chi connectivity index (χ4n) is 2.93. The molecule has 6 nitrogen and oxygen atoms in total. The van der Waals surface area contributed by atoms with Crippen molar-refractivity contribution in [1.82, 2.24) is 4.57 Å². The third-order valence-corrected chi connectivity index (χ3v) is 4.36. The standard InChI is InChI=1S/C20H24FNO5/c1-3-7-25-8-9-27-20(24)15-12-22(13-5-6-13)17-11-18(26-4-2)16(21)10-14(17)19(15)23/h10-13H,3-9H2,1-2H3. The van der Waals surface area contributed by atoms with Gasteiger partial charge in [-0.25, -0.2) is 9.18 Å². The molecule has 1 aliphatic carbocycles. The van der Waals surface area contributed by atoms with Crippen LogP contribution in [0, 0.1) is 5.82 Å². The predicted octanol–water partition coefficient (Wildman–Crippen LogP) is 3.46. The maximum absolute atomic E-state index is 14.3. The summed E-state index contributed by atoms with van der Waals surface area (Å²) in [7, 11) is 0. The molecule has 0 radical (unpaired) electrons. The van der Waals surface area contributed by atoms with Gasteiger partial charge in [-0.1, -0.05) is 6.92 Å². The number of carbonyl (C=O) groups is 1. The monoisotopic (exact) mass is 377 g/mol. The molecule has 1 aromatic heterocycles. The van der Waals surface area contributed by atoms with Gasteiger partial charge in [0.1, 0.15) is 12.2 Å². The number of esters is 1. The average molecular weight is 377 g/mol. The molecule has 146 valence electrons. The first-order valence-corrected chi connectivity index (χ1v) is 9.32. The molecule has 1 saturated carbocycles. The summed E-state index contributed by atoms with van der Waals surface area (Å²) in [5.41, 5.74) is -0.0630. The zero-order chi connectivity index (χ0) is 19.4. The van der Waals surface area contributed by atoms with Crippen LogP contribution < -0.4 is 10.2 Å². The highest BCUT2D eigenvalue weighted by Gasteiger charge is 2.28. The van der Waals surface area contributed by atoms with Gasteiger partial charge in [-0.2, -0.15) is 0 Å². The lowest BCUT2D eigenvalue weighted by atomic mass is 10.1. The second-order valence-electron chi connectivity index (χ2n) is 6.49. The smallest absolute Gasteiger partial charge is 0.343 e. The molecule has 1 aliphatic rings. The van der Waals surface area contributed by atoms with Gasteiger partial charge in [-0.15, -0.1) is 0 Å². The second-order valence-corrected chi connectivity index (χ2v) is 6.49. The Hall–Kier alpha value is -2.41. The average Bonchev–Trinajstić information content (AvgIpc) is 3.48. The molecule has 1 heterocycles. The van der Waals surface area contributed by atoms with Crippen molar-refractivity contribution < 1.29 is 23.4 Å². The Morgan fingerprint density at radius 3 is 2.67 bits per heavy atom. The minimum atomic E-state index is -0.717. The summed E-state index contributed by atoms with van der Waals surface area (Å²) in [5.74, 6) is -1.24. The summed E-state index contributed by atoms with van der Waals surface area (Å²) < 4.78 is 31.9. The Bertz CT molecular complexity index is 888. The molecule has 0 unspecified atom stereocenters. The van der Waals surface area contributed by atoms with Crippen LogP contribution in [0.3, 0.4) is 0 Å². The van der Waals surface area contributed by atoms with Crippen LogP contribution in [-0.2, 0) is 9.47 Å². The van der Waals surface area contributed by atoms with Gasteiger partial charge in [0.25, 0.3) is 0 Å². The maximum atomic E-state index is 14.3. The first kappa shape index (κ1) is 19.4. The number of nitrogens with zero attached hydrogens (tertiary/aromatic N) is 1. The van der Waals surface area contributed by atoms with Gasteiger partial charge in [0.05, 0.1) is 18.7 Å². The fraction of sp³-hybridized carbons (Fsp3) is 0.500. The van der Waals surface area contributed by atoms with Crippen LogP contribution in [0.15, 0.2) is 23.1 Å². The van der Waals surface area contributed by atoms with Crippen molar-refractivity contribution in [3.05, 3.63) is 39.9 Å². The van der Waals surface area contributed by atoms with Gasteiger partial charge in [-0.05, 0) is 32.3 Å². The second kappa shape index (κ2) is 8.52. The molecule has 1 fully saturated rings. The molecule has 0 bridgehead atoms. The largest absolute Gasteiger partial charge is 0.491 e.